The first-order valence-electron chi connectivity index (χ1n) is 7.85. The number of aliphatic hydroxyl groups is 1. The second-order valence-corrected chi connectivity index (χ2v) is 5.10. The van der Waals surface area contributed by atoms with Gasteiger partial charge < -0.3 is 25.8 Å². The summed E-state index contributed by atoms with van der Waals surface area (Å²) in [5, 5.41) is 18.3. The minimum Gasteiger partial charge on any atom is -0.469 e. The first-order valence-corrected chi connectivity index (χ1v) is 7.85. The maximum absolute atomic E-state index is 9.59. The van der Waals surface area contributed by atoms with Crippen molar-refractivity contribution < 1.29 is 34.1 Å². The van der Waals surface area contributed by atoms with Crippen LogP contribution in [0.3, 0.4) is 0 Å². The summed E-state index contributed by atoms with van der Waals surface area (Å²) < 4.78 is 4.11. The number of nitrogens with one attached hydrogen (secondary N) is 3. The van der Waals surface area contributed by atoms with Crippen molar-refractivity contribution in [3.05, 3.63) is 0 Å². The van der Waals surface area contributed by atoms with E-state index in [0.717, 1.165) is 39.3 Å². The maximum atomic E-state index is 9.59. The van der Waals surface area contributed by atoms with Crippen molar-refractivity contribution in [1.29, 1.82) is 0 Å². The topological polar surface area (TPSA) is 82.6 Å². The Morgan fingerprint density at radius 3 is 1.23 bits per heavy atom. The number of aliphatic hydroxyl groups excluding tert-OH is 1. The summed E-state index contributed by atoms with van der Waals surface area (Å²) in [6.45, 7) is 11.8. The number of rotatable bonds is 0. The van der Waals surface area contributed by atoms with Crippen LogP contribution in [-0.4, -0.2) is 63.6 Å². The van der Waals surface area contributed by atoms with Crippen LogP contribution >= 0.6 is 0 Å². The minimum atomic E-state index is -0.245. The molecule has 1 saturated heterocycles. The fraction of sp³-hybridized carbons (Fsp3) is 0.933. The molecule has 0 bridgehead atoms. The molecule has 1 aliphatic heterocycles. The van der Waals surface area contributed by atoms with Gasteiger partial charge in [-0.3, -0.25) is 4.79 Å². The quantitative estimate of drug-likeness (QED) is 0.367. The van der Waals surface area contributed by atoms with E-state index in [1.165, 1.54) is 33.3 Å². The monoisotopic (exact) mass is 369 g/mol. The third kappa shape index (κ3) is 36.8. The molecule has 0 spiro atoms. The van der Waals surface area contributed by atoms with Crippen LogP contribution in [0.1, 0.15) is 40.0 Å². The Hall–Kier alpha value is -0.0666. The standard InChI is InChI=1S/C9H21N3.C3H6O2.C3H8O.Zn/c1-4-10-6-2-8-12-9-3-7-11-5-1;1-3(4)5-2;1-3(2)4;/h10-12H,1-9H2;1-2H3;3-4H,1-2H3;. The number of methoxy groups -OCH3 is 1. The average molecular weight is 371 g/mol. The second-order valence-electron chi connectivity index (χ2n) is 5.10. The first kappa shape index (κ1) is 26.8. The van der Waals surface area contributed by atoms with E-state index in [-0.39, 0.29) is 31.6 Å². The average Bonchev–Trinajstić information content (AvgIpc) is 2.39. The summed E-state index contributed by atoms with van der Waals surface area (Å²) in [7, 11) is 1.35. The van der Waals surface area contributed by atoms with E-state index < -0.39 is 0 Å². The third-order valence-electron chi connectivity index (χ3n) is 2.41. The van der Waals surface area contributed by atoms with Gasteiger partial charge in [0.05, 0.1) is 7.11 Å². The van der Waals surface area contributed by atoms with Gasteiger partial charge in [0.25, 0.3) is 0 Å². The molecule has 22 heavy (non-hydrogen) atoms. The van der Waals surface area contributed by atoms with E-state index in [1.54, 1.807) is 13.8 Å². The fourth-order valence-electron chi connectivity index (χ4n) is 1.39. The van der Waals surface area contributed by atoms with Gasteiger partial charge in [-0.15, -0.1) is 0 Å². The fourth-order valence-corrected chi connectivity index (χ4v) is 1.39. The van der Waals surface area contributed by atoms with Crippen molar-refractivity contribution in [3.63, 3.8) is 0 Å². The normalized spacial score (nSPS) is 16.3. The Morgan fingerprint density at radius 2 is 1.09 bits per heavy atom. The Labute approximate surface area is 148 Å². The van der Waals surface area contributed by atoms with Crippen molar-refractivity contribution in [2.45, 2.75) is 46.1 Å². The SMILES string of the molecule is C1CNCCCNCCCNC1.CC(C)O.COC(C)=O.[Zn]. The van der Waals surface area contributed by atoms with Crippen molar-refractivity contribution in [3.8, 4) is 0 Å². The van der Waals surface area contributed by atoms with E-state index in [1.807, 2.05) is 0 Å². The number of hydrogen-bond acceptors (Lipinski definition) is 6. The van der Waals surface area contributed by atoms with Gasteiger partial charge in [-0.25, -0.2) is 0 Å². The summed E-state index contributed by atoms with van der Waals surface area (Å²) in [6.07, 6.45) is 3.61. The van der Waals surface area contributed by atoms with Crippen LogP contribution in [0, 0.1) is 0 Å². The van der Waals surface area contributed by atoms with E-state index >= 15 is 0 Å². The zero-order valence-corrected chi connectivity index (χ0v) is 17.9. The predicted molar refractivity (Wildman–Crippen MR) is 87.5 cm³/mol. The molecular weight excluding hydrogens is 336 g/mol. The van der Waals surface area contributed by atoms with Crippen LogP contribution < -0.4 is 16.0 Å². The molecule has 1 aliphatic rings. The van der Waals surface area contributed by atoms with E-state index in [0.29, 0.717) is 0 Å². The second kappa shape index (κ2) is 23.2. The Balaban J connectivity index is -0.000000304. The molecule has 1 heterocycles. The summed E-state index contributed by atoms with van der Waals surface area (Å²) in [6, 6.07) is 0. The number of ether oxygens (including phenoxy) is 1. The van der Waals surface area contributed by atoms with Crippen LogP contribution in [0.15, 0.2) is 0 Å². The molecule has 0 aromatic carbocycles. The van der Waals surface area contributed by atoms with Gasteiger partial charge in [-0.1, -0.05) is 0 Å². The van der Waals surface area contributed by atoms with E-state index in [2.05, 4.69) is 20.7 Å². The largest absolute Gasteiger partial charge is 0.469 e. The van der Waals surface area contributed by atoms with Crippen LogP contribution in [0.4, 0.5) is 0 Å². The molecule has 1 rings (SSSR count). The maximum Gasteiger partial charge on any atom is 0.302 e. The van der Waals surface area contributed by atoms with Gasteiger partial charge in [0, 0.05) is 32.5 Å². The number of hydrogen-bond donors (Lipinski definition) is 4. The van der Waals surface area contributed by atoms with Crippen molar-refractivity contribution >= 4 is 5.97 Å². The van der Waals surface area contributed by atoms with E-state index in [4.69, 9.17) is 5.11 Å². The molecule has 0 amide bonds. The Kier molecular flexibility index (Phi) is 28.3. The molecule has 0 aromatic heterocycles. The van der Waals surface area contributed by atoms with Gasteiger partial charge in [0.1, 0.15) is 0 Å². The molecule has 1 fully saturated rings. The van der Waals surface area contributed by atoms with Gasteiger partial charge >= 0.3 is 5.97 Å². The summed E-state index contributed by atoms with van der Waals surface area (Å²) in [5.41, 5.74) is 0. The molecule has 0 aromatic rings. The third-order valence-corrected chi connectivity index (χ3v) is 2.41. The molecule has 7 heteroatoms. The number of esters is 1. The Bertz CT molecular complexity index is 174. The van der Waals surface area contributed by atoms with Crippen LogP contribution in [-0.2, 0) is 29.0 Å². The Morgan fingerprint density at radius 1 is 0.909 bits per heavy atom. The zero-order chi connectivity index (χ0) is 16.3. The zero-order valence-electron chi connectivity index (χ0n) is 14.9. The van der Waals surface area contributed by atoms with Crippen LogP contribution in [0.25, 0.3) is 0 Å². The van der Waals surface area contributed by atoms with Gasteiger partial charge in [0.2, 0.25) is 0 Å². The first-order chi connectivity index (χ1) is 10.0. The molecule has 4 N–H and O–H groups in total. The van der Waals surface area contributed by atoms with Crippen molar-refractivity contribution in [2.24, 2.45) is 0 Å². The van der Waals surface area contributed by atoms with Crippen molar-refractivity contribution in [2.75, 3.05) is 46.4 Å². The van der Waals surface area contributed by atoms with Crippen LogP contribution in [0.5, 0.6) is 0 Å². The molecule has 0 aliphatic carbocycles. The molecular formula is C15H35N3O3Zn. The molecule has 6 nitrogen and oxygen atoms in total. The number of carbonyl (C=O) groups excluding carboxylic acids is 1. The predicted octanol–water partition coefficient (Wildman–Crippen LogP) is 0.503. The molecule has 0 radical (unpaired) electrons. The summed E-state index contributed by atoms with van der Waals surface area (Å²) in [5.74, 6) is -0.245. The summed E-state index contributed by atoms with van der Waals surface area (Å²) >= 11 is 0. The molecule has 0 saturated carbocycles. The van der Waals surface area contributed by atoms with Gasteiger partial charge in [-0.2, -0.15) is 0 Å². The molecule has 0 atom stereocenters. The van der Waals surface area contributed by atoms with Gasteiger partial charge in [0.15, 0.2) is 0 Å². The molecule has 130 valence electrons. The van der Waals surface area contributed by atoms with Crippen LogP contribution in [0.2, 0.25) is 0 Å². The molecule has 0 unspecified atom stereocenters. The summed E-state index contributed by atoms with van der Waals surface area (Å²) in [4.78, 5) is 9.59. The van der Waals surface area contributed by atoms with Gasteiger partial charge in [-0.05, 0) is 72.4 Å². The smallest absolute Gasteiger partial charge is 0.302 e. The van der Waals surface area contributed by atoms with Crippen molar-refractivity contribution in [1.82, 2.24) is 16.0 Å². The minimum absolute atomic E-state index is 0. The van der Waals surface area contributed by atoms with E-state index in [9.17, 15) is 4.79 Å². The number of carbonyl (C=O) groups is 1.